The van der Waals surface area contributed by atoms with Gasteiger partial charge >= 0.3 is 23.5 Å². The molecule has 23 nitrogen and oxygen atoms in total. The number of nitrogens with two attached hydrogens (primary N) is 1. The molecule has 1 saturated heterocycles. The predicted molar refractivity (Wildman–Crippen MR) is 208 cm³/mol. The van der Waals surface area contributed by atoms with Crippen molar-refractivity contribution in [3.05, 3.63) is 12.7 Å². The number of fused-ring (bicyclic) bond motifs is 1. The third kappa shape index (κ3) is 16.7. The molecule has 2 aromatic heterocycles. The van der Waals surface area contributed by atoms with E-state index in [4.69, 9.17) is 19.5 Å². The van der Waals surface area contributed by atoms with Crippen LogP contribution in [0.3, 0.4) is 0 Å². The molecule has 3 heterocycles. The van der Waals surface area contributed by atoms with Gasteiger partial charge in [-0.05, 0) is 6.42 Å². The number of amides is 2. The van der Waals surface area contributed by atoms with Gasteiger partial charge < -0.3 is 50.9 Å². The van der Waals surface area contributed by atoms with Crippen molar-refractivity contribution < 1.29 is 75.7 Å². The second-order valence-electron chi connectivity index (χ2n) is 13.5. The van der Waals surface area contributed by atoms with Crippen LogP contribution in [0.2, 0.25) is 0 Å². The zero-order chi connectivity index (χ0) is 42.4. The van der Waals surface area contributed by atoms with Crippen molar-refractivity contribution in [3.8, 4) is 0 Å². The lowest BCUT2D eigenvalue weighted by Gasteiger charge is -2.30. The average Bonchev–Trinajstić information content (AvgIpc) is 3.68. The van der Waals surface area contributed by atoms with Crippen molar-refractivity contribution in [1.29, 1.82) is 0 Å². The molecule has 2 unspecified atom stereocenters. The molecular formula is C29H52N7O16P3S2. The second kappa shape index (κ2) is 22.7. The fraction of sp³-hybridized carbons (Fsp3) is 0.759. The lowest BCUT2D eigenvalue weighted by Crippen LogP contribution is -2.46. The number of anilines is 1. The van der Waals surface area contributed by atoms with Gasteiger partial charge in [-0.2, -0.15) is 4.31 Å². The summed E-state index contributed by atoms with van der Waals surface area (Å²) in [6.45, 7) is 3.12. The maximum absolute atomic E-state index is 12.7. The molecule has 2 aromatic rings. The fourth-order valence-corrected chi connectivity index (χ4v) is 10.1. The summed E-state index contributed by atoms with van der Waals surface area (Å²) in [5, 5.41) is 26.6. The Hall–Kier alpha value is -1.76. The maximum atomic E-state index is 12.7. The molecule has 0 bridgehead atoms. The summed E-state index contributed by atoms with van der Waals surface area (Å²) in [5.74, 6) is 0.497. The van der Waals surface area contributed by atoms with Gasteiger partial charge in [0, 0.05) is 36.4 Å². The normalized spacial score (nSPS) is 21.6. The number of ether oxygens (including phenoxy) is 1. The number of aromatic nitrogens is 4. The molecule has 326 valence electrons. The molecule has 3 rings (SSSR count). The summed E-state index contributed by atoms with van der Waals surface area (Å²) < 4.78 is 62.2. The van der Waals surface area contributed by atoms with Gasteiger partial charge in [0.2, 0.25) is 11.8 Å². The van der Waals surface area contributed by atoms with E-state index >= 15 is 0 Å². The Labute approximate surface area is 336 Å². The van der Waals surface area contributed by atoms with E-state index in [9.17, 15) is 53.1 Å². The Morgan fingerprint density at radius 3 is 2.35 bits per heavy atom. The van der Waals surface area contributed by atoms with Gasteiger partial charge in [0.25, 0.3) is 0 Å². The molecule has 7 atom stereocenters. The van der Waals surface area contributed by atoms with Crippen LogP contribution >= 0.6 is 45.1 Å². The minimum atomic E-state index is -5.55. The number of phosphoric acid groups is 3. The molecule has 57 heavy (non-hydrogen) atoms. The van der Waals surface area contributed by atoms with Crippen LogP contribution < -0.4 is 16.4 Å². The molecule has 1 aliphatic heterocycles. The number of nitrogen functional groups attached to an aromatic ring is 1. The molecule has 10 N–H and O–H groups in total. The summed E-state index contributed by atoms with van der Waals surface area (Å²) in [4.78, 5) is 75.7. The first-order chi connectivity index (χ1) is 26.7. The predicted octanol–water partition coefficient (Wildman–Crippen LogP) is 2.15. The first kappa shape index (κ1) is 49.6. The number of hydrogen-bond acceptors (Lipinski definition) is 18. The topological polar surface area (TPSA) is 347 Å². The van der Waals surface area contributed by atoms with Gasteiger partial charge in [-0.3, -0.25) is 27.7 Å². The van der Waals surface area contributed by atoms with E-state index in [1.807, 2.05) is 0 Å². The van der Waals surface area contributed by atoms with Gasteiger partial charge in [0.1, 0.15) is 36.3 Å². The maximum Gasteiger partial charge on any atom is 0.481 e. The van der Waals surface area contributed by atoms with Crippen molar-refractivity contribution in [2.24, 2.45) is 5.41 Å². The summed E-state index contributed by atoms with van der Waals surface area (Å²) in [6.07, 6.45) is 0.688. The lowest BCUT2D eigenvalue weighted by atomic mass is 9.87. The van der Waals surface area contributed by atoms with Crippen LogP contribution in [0.4, 0.5) is 5.82 Å². The highest BCUT2D eigenvalue weighted by Gasteiger charge is 2.50. The third-order valence-corrected chi connectivity index (χ3v) is 13.8. The number of rotatable bonds is 27. The van der Waals surface area contributed by atoms with E-state index in [1.165, 1.54) is 46.0 Å². The minimum Gasteiger partial charge on any atom is -0.386 e. The van der Waals surface area contributed by atoms with Crippen LogP contribution in [0.25, 0.3) is 11.2 Å². The largest absolute Gasteiger partial charge is 0.481 e. The van der Waals surface area contributed by atoms with Crippen LogP contribution in [0, 0.1) is 5.41 Å². The minimum absolute atomic E-state index is 0.0333. The van der Waals surface area contributed by atoms with Crippen LogP contribution in [-0.2, 0) is 45.9 Å². The number of carbonyl (C=O) groups excluding carboxylic acids is 2. The van der Waals surface area contributed by atoms with Crippen molar-refractivity contribution in [2.45, 2.75) is 96.4 Å². The number of aliphatic hydroxyl groups is 2. The standard InChI is InChI=1S/C29H52N7O16P3S2/c1-4-5-6-7-8-9-13-56-57-14-12-31-20(37)10-11-32-27(40)24(39)29(2,3)16-49-55(46,47)52-54(44,45)48-15-19-23(51-53(41,42)43)22(38)28(50-19)36-18-35-21-25(30)33-17-34-26(21)36/h17-19,22-24,28,38-39H,4-16H2,1-3H3,(H,31,37)(H,32,40)(H,44,45)(H,46,47)(H2,30,33,34)(H2,41,42,43)/t19-,22-,23-,24+,28-/m1/s1. The smallest absolute Gasteiger partial charge is 0.386 e. The monoisotopic (exact) mass is 911 g/mol. The highest BCUT2D eigenvalue weighted by molar-refractivity contribution is 8.76. The van der Waals surface area contributed by atoms with Gasteiger partial charge in [-0.25, -0.2) is 28.6 Å². The van der Waals surface area contributed by atoms with Gasteiger partial charge in [-0.15, -0.1) is 0 Å². The number of carbonyl (C=O) groups is 2. The fourth-order valence-electron chi connectivity index (χ4n) is 5.23. The van der Waals surface area contributed by atoms with Crippen LogP contribution in [0.1, 0.15) is 71.9 Å². The number of aliphatic hydroxyl groups excluding tert-OH is 2. The van der Waals surface area contributed by atoms with Crippen molar-refractivity contribution >= 4 is 73.9 Å². The molecular weight excluding hydrogens is 859 g/mol. The summed E-state index contributed by atoms with van der Waals surface area (Å²) in [6, 6.07) is 0. The van der Waals surface area contributed by atoms with Crippen molar-refractivity contribution in [2.75, 3.05) is 43.5 Å². The zero-order valence-electron chi connectivity index (χ0n) is 31.5. The number of nitrogens with zero attached hydrogens (tertiary/aromatic N) is 4. The Balaban J connectivity index is 1.43. The molecule has 2 amide bonds. The van der Waals surface area contributed by atoms with E-state index in [0.29, 0.717) is 12.3 Å². The Morgan fingerprint density at radius 2 is 1.65 bits per heavy atom. The van der Waals surface area contributed by atoms with E-state index in [-0.39, 0.29) is 35.9 Å². The van der Waals surface area contributed by atoms with E-state index in [2.05, 4.69) is 41.3 Å². The molecule has 28 heteroatoms. The van der Waals surface area contributed by atoms with Crippen molar-refractivity contribution in [1.82, 2.24) is 30.2 Å². The van der Waals surface area contributed by atoms with E-state index in [1.54, 1.807) is 21.6 Å². The molecule has 1 fully saturated rings. The molecule has 0 radical (unpaired) electrons. The highest BCUT2D eigenvalue weighted by atomic mass is 33.1. The number of nitrogens with one attached hydrogen (secondary N) is 2. The van der Waals surface area contributed by atoms with Gasteiger partial charge in [0.15, 0.2) is 17.7 Å². The van der Waals surface area contributed by atoms with Gasteiger partial charge in [-0.1, -0.05) is 74.5 Å². The molecule has 0 spiro atoms. The zero-order valence-corrected chi connectivity index (χ0v) is 35.8. The molecule has 1 aliphatic rings. The summed E-state index contributed by atoms with van der Waals surface area (Å²) in [7, 11) is -12.9. The Morgan fingerprint density at radius 1 is 0.982 bits per heavy atom. The number of phosphoric ester groups is 3. The Kier molecular flexibility index (Phi) is 19.8. The van der Waals surface area contributed by atoms with Crippen LogP contribution in [-0.4, -0.2) is 123 Å². The second-order valence-corrected chi connectivity index (χ2v) is 20.4. The number of imidazole rings is 1. The van der Waals surface area contributed by atoms with Crippen molar-refractivity contribution in [3.63, 3.8) is 0 Å². The first-order valence-corrected chi connectivity index (χ1v) is 24.8. The van der Waals surface area contributed by atoms with Crippen LogP contribution in [0.5, 0.6) is 0 Å². The quantitative estimate of drug-likeness (QED) is 0.0352. The number of hydrogen-bond donors (Lipinski definition) is 9. The molecule has 0 saturated carbocycles. The van der Waals surface area contributed by atoms with E-state index in [0.717, 1.165) is 29.4 Å². The summed E-state index contributed by atoms with van der Waals surface area (Å²) in [5.41, 5.74) is 4.33. The Bertz CT molecular complexity index is 1760. The van der Waals surface area contributed by atoms with Crippen LogP contribution in [0.15, 0.2) is 12.7 Å². The SMILES string of the molecule is CCCCCCCCSSCCNC(=O)CCNC(=O)[C@H](O)C(C)(C)COP(=O)(O)OP(=O)(O)OC[C@H]1O[C@@H](n2cnc3c(N)ncnc32)[C@H](O)[C@@H]1OP(=O)(O)O. The highest BCUT2D eigenvalue weighted by Crippen LogP contribution is 2.61. The molecule has 0 aromatic carbocycles. The number of unbranched alkanes of at least 4 members (excludes halogenated alkanes) is 5. The lowest BCUT2D eigenvalue weighted by molar-refractivity contribution is -0.137. The van der Waals surface area contributed by atoms with Gasteiger partial charge in [0.05, 0.1) is 19.5 Å². The molecule has 0 aliphatic carbocycles. The van der Waals surface area contributed by atoms with E-state index < -0.39 is 78.6 Å². The average molecular weight is 912 g/mol. The third-order valence-electron chi connectivity index (χ3n) is 8.25. The first-order valence-electron chi connectivity index (χ1n) is 17.8. The summed E-state index contributed by atoms with van der Waals surface area (Å²) >= 11 is 0.